The molecule has 2 amide bonds. The smallest absolute Gasteiger partial charge is 0.413 e. The number of nitrogens with one attached hydrogen (secondary N) is 2. The molecule has 0 spiro atoms. The van der Waals surface area contributed by atoms with Crippen LogP contribution in [0.2, 0.25) is 10.3 Å². The Morgan fingerprint density at radius 2 is 2.03 bits per heavy atom. The minimum Gasteiger partial charge on any atom is -0.441 e. The number of amides is 2. The number of ether oxygens (including phenoxy) is 1. The Labute approximate surface area is 209 Å². The highest BCUT2D eigenvalue weighted by Gasteiger charge is 2.24. The lowest BCUT2D eigenvalue weighted by atomic mass is 9.93. The second-order valence-electron chi connectivity index (χ2n) is 7.59. The second-order valence-corrected chi connectivity index (χ2v) is 8.30. The standard InChI is InChI=1S/C22H18Cl2N8O3/c1-11(14-4-3-7-26-18(14)23)35-22(34)29-20-17(30-31-32(20)2)16-6-5-15(19(24)28-16)21(33)27-13-8-12(9-13)10-25/h3-8,11-12H,9H2,1-2H3,(H,27,33)(H,29,34)/t11-,12?/m1/s1. The number of carbonyl (C=O) groups excluding carboxylic acids is 2. The molecule has 2 atom stereocenters. The summed E-state index contributed by atoms with van der Waals surface area (Å²) in [5.74, 6) is -0.428. The second kappa shape index (κ2) is 10.1. The number of nitriles is 1. The first-order valence-electron chi connectivity index (χ1n) is 10.3. The van der Waals surface area contributed by atoms with Crippen molar-refractivity contribution < 1.29 is 14.3 Å². The van der Waals surface area contributed by atoms with E-state index in [1.807, 2.05) is 0 Å². The molecule has 3 aromatic heterocycles. The summed E-state index contributed by atoms with van der Waals surface area (Å²) in [6, 6.07) is 8.51. The highest BCUT2D eigenvalue weighted by atomic mass is 35.5. The van der Waals surface area contributed by atoms with Crippen molar-refractivity contribution in [2.75, 3.05) is 5.32 Å². The molecule has 0 fully saturated rings. The minimum atomic E-state index is -0.768. The van der Waals surface area contributed by atoms with Crippen LogP contribution in [0.4, 0.5) is 10.6 Å². The first kappa shape index (κ1) is 24.1. The summed E-state index contributed by atoms with van der Waals surface area (Å²) in [7, 11) is 1.58. The number of rotatable bonds is 6. The number of allylic oxidation sites excluding steroid dienone is 2. The molecular weight excluding hydrogens is 495 g/mol. The first-order chi connectivity index (χ1) is 16.8. The van der Waals surface area contributed by atoms with Gasteiger partial charge < -0.3 is 10.1 Å². The molecule has 178 valence electrons. The van der Waals surface area contributed by atoms with Crippen LogP contribution < -0.4 is 10.6 Å². The highest BCUT2D eigenvalue weighted by Crippen LogP contribution is 2.29. The van der Waals surface area contributed by atoms with Crippen molar-refractivity contribution >= 4 is 41.0 Å². The molecule has 11 nitrogen and oxygen atoms in total. The lowest BCUT2D eigenvalue weighted by Gasteiger charge is -2.20. The first-order valence-corrected chi connectivity index (χ1v) is 11.1. The molecule has 0 radical (unpaired) electrons. The molecule has 13 heteroatoms. The Kier molecular flexibility index (Phi) is 6.95. The largest absolute Gasteiger partial charge is 0.441 e. The van der Waals surface area contributed by atoms with Gasteiger partial charge in [0.05, 0.1) is 23.2 Å². The molecule has 0 saturated heterocycles. The quantitative estimate of drug-likeness (QED) is 0.469. The molecule has 1 aliphatic rings. The number of hydrogen-bond acceptors (Lipinski definition) is 8. The zero-order valence-electron chi connectivity index (χ0n) is 18.5. The third-order valence-electron chi connectivity index (χ3n) is 5.18. The summed E-state index contributed by atoms with van der Waals surface area (Å²) in [6.07, 6.45) is 2.25. The van der Waals surface area contributed by atoms with E-state index in [-0.39, 0.29) is 39.0 Å². The maximum Gasteiger partial charge on any atom is 0.413 e. The molecular formula is C22H18Cl2N8O3. The number of pyridine rings is 2. The molecule has 3 heterocycles. The van der Waals surface area contributed by atoms with E-state index in [0.717, 1.165) is 0 Å². The van der Waals surface area contributed by atoms with Crippen LogP contribution in [0.3, 0.4) is 0 Å². The molecule has 0 aromatic carbocycles. The summed E-state index contributed by atoms with van der Waals surface area (Å²) in [5.41, 5.74) is 1.87. The minimum absolute atomic E-state index is 0.0595. The van der Waals surface area contributed by atoms with Gasteiger partial charge in [0, 0.05) is 30.9 Å². The molecule has 1 unspecified atom stereocenters. The van der Waals surface area contributed by atoms with E-state index in [4.69, 9.17) is 33.2 Å². The number of anilines is 1. The van der Waals surface area contributed by atoms with E-state index in [9.17, 15) is 9.59 Å². The number of halogens is 2. The molecule has 4 rings (SSSR count). The summed E-state index contributed by atoms with van der Waals surface area (Å²) in [6.45, 7) is 1.66. The summed E-state index contributed by atoms with van der Waals surface area (Å²) in [5, 5.41) is 22.3. The third kappa shape index (κ3) is 5.24. The average molecular weight is 513 g/mol. The van der Waals surface area contributed by atoms with Crippen molar-refractivity contribution in [2.24, 2.45) is 13.0 Å². The van der Waals surface area contributed by atoms with Crippen molar-refractivity contribution in [1.82, 2.24) is 30.3 Å². The van der Waals surface area contributed by atoms with Crippen LogP contribution in [-0.4, -0.2) is 37.0 Å². The van der Waals surface area contributed by atoms with Gasteiger partial charge in [-0.2, -0.15) is 5.26 Å². The fraction of sp³-hybridized carbons (Fsp3) is 0.227. The van der Waals surface area contributed by atoms with Crippen molar-refractivity contribution in [2.45, 2.75) is 19.4 Å². The summed E-state index contributed by atoms with van der Waals surface area (Å²) < 4.78 is 6.75. The van der Waals surface area contributed by atoms with Gasteiger partial charge in [0.2, 0.25) is 0 Å². The maximum absolute atomic E-state index is 12.5. The van der Waals surface area contributed by atoms with E-state index in [2.05, 4.69) is 37.0 Å². The molecule has 0 bridgehead atoms. The van der Waals surface area contributed by atoms with E-state index >= 15 is 0 Å². The number of aryl methyl sites for hydroxylation is 1. The van der Waals surface area contributed by atoms with Crippen molar-refractivity contribution in [3.05, 3.63) is 63.7 Å². The number of nitrogens with zero attached hydrogens (tertiary/aromatic N) is 6. The van der Waals surface area contributed by atoms with Crippen molar-refractivity contribution in [3.63, 3.8) is 0 Å². The molecule has 35 heavy (non-hydrogen) atoms. The monoisotopic (exact) mass is 512 g/mol. The van der Waals surface area contributed by atoms with E-state index in [0.29, 0.717) is 17.7 Å². The average Bonchev–Trinajstić information content (AvgIpc) is 3.15. The lowest BCUT2D eigenvalue weighted by molar-refractivity contribution is 0.0961. The van der Waals surface area contributed by atoms with Gasteiger partial charge in [-0.25, -0.2) is 19.4 Å². The van der Waals surface area contributed by atoms with Crippen LogP contribution in [0.5, 0.6) is 0 Å². The number of hydrogen-bond donors (Lipinski definition) is 2. The normalized spacial score (nSPS) is 15.3. The Morgan fingerprint density at radius 1 is 1.26 bits per heavy atom. The van der Waals surface area contributed by atoms with Gasteiger partial charge in [-0.3, -0.25) is 10.1 Å². The van der Waals surface area contributed by atoms with Crippen molar-refractivity contribution in [3.8, 4) is 17.5 Å². The van der Waals surface area contributed by atoms with Gasteiger partial charge in [-0.05, 0) is 31.2 Å². The lowest BCUT2D eigenvalue weighted by Crippen LogP contribution is -2.28. The predicted octanol–water partition coefficient (Wildman–Crippen LogP) is 4.05. The Morgan fingerprint density at radius 3 is 2.71 bits per heavy atom. The Balaban J connectivity index is 1.48. The van der Waals surface area contributed by atoms with Crippen LogP contribution in [0.25, 0.3) is 11.4 Å². The van der Waals surface area contributed by atoms with Gasteiger partial charge in [-0.1, -0.05) is 34.5 Å². The van der Waals surface area contributed by atoms with Crippen molar-refractivity contribution in [1.29, 1.82) is 5.26 Å². The van der Waals surface area contributed by atoms with Gasteiger partial charge in [0.15, 0.2) is 11.5 Å². The van der Waals surface area contributed by atoms with E-state index in [1.165, 1.54) is 23.0 Å². The number of aromatic nitrogens is 5. The van der Waals surface area contributed by atoms with Crippen LogP contribution in [0.15, 0.2) is 42.2 Å². The molecule has 2 N–H and O–H groups in total. The molecule has 0 saturated carbocycles. The SMILES string of the molecule is C[C@@H](OC(=O)Nc1c(-c2ccc(C(=O)NC3=CC(C#N)C3)c(Cl)n2)nnn1C)c1cccnc1Cl. The van der Waals surface area contributed by atoms with E-state index in [1.54, 1.807) is 32.2 Å². The van der Waals surface area contributed by atoms with Gasteiger partial charge in [0.25, 0.3) is 5.91 Å². The van der Waals surface area contributed by atoms with Gasteiger partial charge in [0.1, 0.15) is 16.4 Å². The Bertz CT molecular complexity index is 1380. The topological polar surface area (TPSA) is 148 Å². The molecule has 3 aromatic rings. The highest BCUT2D eigenvalue weighted by molar-refractivity contribution is 6.32. The Hall–Kier alpha value is -4.01. The van der Waals surface area contributed by atoms with Gasteiger partial charge >= 0.3 is 6.09 Å². The summed E-state index contributed by atoms with van der Waals surface area (Å²) >= 11 is 12.3. The van der Waals surface area contributed by atoms with Crippen LogP contribution in [0.1, 0.15) is 35.4 Å². The fourth-order valence-corrected chi connectivity index (χ4v) is 3.81. The maximum atomic E-state index is 12.5. The van der Waals surface area contributed by atoms with Gasteiger partial charge in [-0.15, -0.1) is 5.10 Å². The number of carbonyl (C=O) groups is 2. The summed E-state index contributed by atoms with van der Waals surface area (Å²) in [4.78, 5) is 33.3. The third-order valence-corrected chi connectivity index (χ3v) is 5.78. The predicted molar refractivity (Wildman–Crippen MR) is 126 cm³/mol. The molecule has 0 aliphatic heterocycles. The fourth-order valence-electron chi connectivity index (χ4n) is 3.29. The van der Waals surface area contributed by atoms with Crippen LogP contribution in [-0.2, 0) is 11.8 Å². The van der Waals surface area contributed by atoms with E-state index < -0.39 is 18.1 Å². The van der Waals surface area contributed by atoms with Crippen LogP contribution >= 0.6 is 23.2 Å². The zero-order valence-corrected chi connectivity index (χ0v) is 20.0. The molecule has 1 aliphatic carbocycles. The van der Waals surface area contributed by atoms with Crippen LogP contribution in [0, 0.1) is 17.2 Å². The zero-order chi connectivity index (χ0) is 25.1.